The predicted molar refractivity (Wildman–Crippen MR) is 38.5 cm³/mol. The summed E-state index contributed by atoms with van der Waals surface area (Å²) in [5.74, 6) is 0. The summed E-state index contributed by atoms with van der Waals surface area (Å²) in [7, 11) is -0.647. The maximum Gasteiger partial charge on any atom is 0.0620 e. The Bertz CT molecular complexity index is 93.2. The van der Waals surface area contributed by atoms with E-state index in [1.54, 1.807) is 0 Å². The monoisotopic (exact) mass is 127 g/mol. The van der Waals surface area contributed by atoms with Crippen molar-refractivity contribution in [3.05, 3.63) is 0 Å². The summed E-state index contributed by atoms with van der Waals surface area (Å²) in [6, 6.07) is 2.31. The third-order valence-electron chi connectivity index (χ3n) is 1.41. The fraction of sp³-hybridized carbons (Fsp3) is 0.833. The van der Waals surface area contributed by atoms with E-state index in [1.165, 1.54) is 0 Å². The van der Waals surface area contributed by atoms with Gasteiger partial charge in [0.25, 0.3) is 0 Å². The lowest BCUT2D eigenvalue weighted by Crippen LogP contribution is -2.08. The normalized spacial score (nSPS) is 13.4. The van der Waals surface area contributed by atoms with E-state index in [4.69, 9.17) is 5.26 Å². The lowest BCUT2D eigenvalue weighted by atomic mass is 10.4. The highest BCUT2D eigenvalue weighted by Crippen LogP contribution is 2.11. The molecule has 0 rings (SSSR count). The van der Waals surface area contributed by atoms with Crippen molar-refractivity contribution in [1.82, 2.24) is 0 Å². The Hall–Kier alpha value is -0.293. The zero-order chi connectivity index (χ0) is 6.57. The zero-order valence-electron chi connectivity index (χ0n) is 5.81. The van der Waals surface area contributed by atoms with E-state index in [0.717, 1.165) is 6.42 Å². The molecule has 0 saturated carbocycles. The minimum Gasteiger partial charge on any atom is -0.198 e. The average Bonchev–Trinajstić information content (AvgIpc) is 1.69. The summed E-state index contributed by atoms with van der Waals surface area (Å²) in [4.78, 5) is 0. The third kappa shape index (κ3) is 2.13. The van der Waals surface area contributed by atoms with Crippen LogP contribution >= 0.6 is 0 Å². The van der Waals surface area contributed by atoms with Gasteiger partial charge in [0.05, 0.1) is 14.9 Å². The fourth-order valence-corrected chi connectivity index (χ4v) is 1.95. The molecular formula is C6H13NSi. The molecule has 0 aromatic rings. The van der Waals surface area contributed by atoms with E-state index < -0.39 is 8.80 Å². The topological polar surface area (TPSA) is 23.8 Å². The van der Waals surface area contributed by atoms with Gasteiger partial charge in [0.1, 0.15) is 0 Å². The van der Waals surface area contributed by atoms with Crippen LogP contribution in [0.4, 0.5) is 0 Å². The van der Waals surface area contributed by atoms with Gasteiger partial charge in [-0.1, -0.05) is 20.0 Å². The molecule has 8 heavy (non-hydrogen) atoms. The molecule has 0 bridgehead atoms. The number of nitrogens with zero attached hydrogens (tertiary/aromatic N) is 1. The van der Waals surface area contributed by atoms with Crippen LogP contribution in [0.3, 0.4) is 0 Å². The molecule has 1 atom stereocenters. The first-order valence-electron chi connectivity index (χ1n) is 3.12. The van der Waals surface area contributed by atoms with Crippen molar-refractivity contribution in [3.63, 3.8) is 0 Å². The van der Waals surface area contributed by atoms with Gasteiger partial charge in [0, 0.05) is 5.54 Å². The SMILES string of the molecule is CCC(C#N)[SiH](C)C. The molecule has 0 aromatic heterocycles. The van der Waals surface area contributed by atoms with Gasteiger partial charge in [-0.25, -0.2) is 0 Å². The van der Waals surface area contributed by atoms with Gasteiger partial charge in [-0.15, -0.1) is 0 Å². The summed E-state index contributed by atoms with van der Waals surface area (Å²) in [6.07, 6.45) is 1.04. The Morgan fingerprint density at radius 1 is 1.62 bits per heavy atom. The van der Waals surface area contributed by atoms with Crippen LogP contribution in [0.15, 0.2) is 0 Å². The minimum atomic E-state index is -0.647. The van der Waals surface area contributed by atoms with Crippen molar-refractivity contribution in [2.45, 2.75) is 32.0 Å². The second-order valence-corrected chi connectivity index (χ2v) is 5.68. The maximum absolute atomic E-state index is 8.48. The van der Waals surface area contributed by atoms with Gasteiger partial charge in [-0.05, 0) is 6.42 Å². The van der Waals surface area contributed by atoms with Crippen molar-refractivity contribution in [2.24, 2.45) is 0 Å². The Morgan fingerprint density at radius 3 is 2.12 bits per heavy atom. The van der Waals surface area contributed by atoms with Crippen molar-refractivity contribution in [3.8, 4) is 6.07 Å². The summed E-state index contributed by atoms with van der Waals surface area (Å²) in [6.45, 7) is 6.52. The molecule has 0 heterocycles. The summed E-state index contributed by atoms with van der Waals surface area (Å²) in [5, 5.41) is 8.48. The first kappa shape index (κ1) is 7.71. The van der Waals surface area contributed by atoms with Crippen LogP contribution in [0.5, 0.6) is 0 Å². The van der Waals surface area contributed by atoms with E-state index in [1.807, 2.05) is 0 Å². The van der Waals surface area contributed by atoms with E-state index in [0.29, 0.717) is 5.54 Å². The molecule has 0 N–H and O–H groups in total. The molecule has 1 nitrogen and oxygen atoms in total. The van der Waals surface area contributed by atoms with Crippen molar-refractivity contribution < 1.29 is 0 Å². The molecule has 0 radical (unpaired) electrons. The van der Waals surface area contributed by atoms with Gasteiger partial charge in [-0.2, -0.15) is 5.26 Å². The Labute approximate surface area is 52.9 Å². The van der Waals surface area contributed by atoms with Crippen LogP contribution < -0.4 is 0 Å². The smallest absolute Gasteiger partial charge is 0.0620 e. The molecule has 0 amide bonds. The summed E-state index contributed by atoms with van der Waals surface area (Å²) < 4.78 is 0. The van der Waals surface area contributed by atoms with E-state index in [9.17, 15) is 0 Å². The third-order valence-corrected chi connectivity index (χ3v) is 3.64. The number of hydrogen-bond donors (Lipinski definition) is 0. The van der Waals surface area contributed by atoms with Crippen LogP contribution in [0, 0.1) is 11.3 Å². The van der Waals surface area contributed by atoms with Crippen LogP contribution in [0.2, 0.25) is 18.6 Å². The van der Waals surface area contributed by atoms with E-state index in [2.05, 4.69) is 26.1 Å². The van der Waals surface area contributed by atoms with Gasteiger partial charge in [0.2, 0.25) is 0 Å². The molecule has 0 spiro atoms. The van der Waals surface area contributed by atoms with Crippen LogP contribution in [0.25, 0.3) is 0 Å². The van der Waals surface area contributed by atoms with E-state index in [-0.39, 0.29) is 0 Å². The largest absolute Gasteiger partial charge is 0.198 e. The maximum atomic E-state index is 8.48. The Balaban J connectivity index is 3.57. The molecular weight excluding hydrogens is 114 g/mol. The van der Waals surface area contributed by atoms with Gasteiger partial charge < -0.3 is 0 Å². The average molecular weight is 127 g/mol. The fourth-order valence-electron chi connectivity index (χ4n) is 0.712. The van der Waals surface area contributed by atoms with Gasteiger partial charge in [0.15, 0.2) is 0 Å². The molecule has 46 valence electrons. The molecule has 0 aliphatic rings. The first-order chi connectivity index (χ1) is 3.72. The molecule has 1 unspecified atom stereocenters. The highest BCUT2D eigenvalue weighted by Gasteiger charge is 2.08. The van der Waals surface area contributed by atoms with Crippen LogP contribution in [-0.2, 0) is 0 Å². The lowest BCUT2D eigenvalue weighted by molar-refractivity contribution is 0.941. The van der Waals surface area contributed by atoms with Crippen molar-refractivity contribution in [1.29, 1.82) is 5.26 Å². The number of hydrogen-bond acceptors (Lipinski definition) is 1. The van der Waals surface area contributed by atoms with Gasteiger partial charge in [-0.3, -0.25) is 0 Å². The Kier molecular flexibility index (Phi) is 3.54. The van der Waals surface area contributed by atoms with Crippen LogP contribution in [0.1, 0.15) is 13.3 Å². The predicted octanol–water partition coefficient (Wildman–Crippen LogP) is 1.78. The standard InChI is InChI=1S/C6H13NSi/c1-4-6(5-7)8(2)3/h6,8H,4H2,1-3H3. The summed E-state index contributed by atoms with van der Waals surface area (Å²) >= 11 is 0. The molecule has 0 fully saturated rings. The zero-order valence-corrected chi connectivity index (χ0v) is 6.96. The highest BCUT2D eigenvalue weighted by molar-refractivity contribution is 6.58. The molecule has 0 saturated heterocycles. The van der Waals surface area contributed by atoms with Crippen molar-refractivity contribution >= 4 is 8.80 Å². The minimum absolute atomic E-state index is 0.398. The molecule has 0 aliphatic carbocycles. The number of nitriles is 1. The quantitative estimate of drug-likeness (QED) is 0.519. The number of rotatable bonds is 2. The van der Waals surface area contributed by atoms with Gasteiger partial charge >= 0.3 is 0 Å². The Morgan fingerprint density at radius 2 is 2.12 bits per heavy atom. The van der Waals surface area contributed by atoms with E-state index >= 15 is 0 Å². The second-order valence-electron chi connectivity index (χ2n) is 2.39. The van der Waals surface area contributed by atoms with Crippen molar-refractivity contribution in [2.75, 3.05) is 0 Å². The first-order valence-corrected chi connectivity index (χ1v) is 6.09. The second kappa shape index (κ2) is 3.68. The summed E-state index contributed by atoms with van der Waals surface area (Å²) in [5.41, 5.74) is 0.398. The lowest BCUT2D eigenvalue weighted by Gasteiger charge is -2.05. The molecule has 2 heteroatoms. The van der Waals surface area contributed by atoms with Crippen LogP contribution in [-0.4, -0.2) is 8.80 Å². The molecule has 0 aromatic carbocycles. The highest BCUT2D eigenvalue weighted by atomic mass is 28.3. The molecule has 0 aliphatic heterocycles.